The van der Waals surface area contributed by atoms with Gasteiger partial charge in [0.2, 0.25) is 5.16 Å². The van der Waals surface area contributed by atoms with E-state index in [9.17, 15) is 0 Å². The molecule has 3 aromatic heterocycles. The number of thiophene rings is 1. The topological polar surface area (TPSA) is 69.4 Å². The van der Waals surface area contributed by atoms with Gasteiger partial charge in [0, 0.05) is 10.3 Å². The van der Waals surface area contributed by atoms with Crippen LogP contribution in [0.2, 0.25) is 0 Å². The van der Waals surface area contributed by atoms with Crippen molar-refractivity contribution in [3.05, 3.63) is 46.1 Å². The minimum atomic E-state index is 0.692. The monoisotopic (exact) mass is 368 g/mol. The van der Waals surface area contributed by atoms with E-state index in [4.69, 9.17) is 0 Å². The van der Waals surface area contributed by atoms with Crippen molar-refractivity contribution < 1.29 is 0 Å². The van der Waals surface area contributed by atoms with Crippen LogP contribution in [-0.2, 0) is 0 Å². The first-order valence-corrected chi connectivity index (χ1v) is 9.44. The van der Waals surface area contributed by atoms with Gasteiger partial charge >= 0.3 is 0 Å². The average molecular weight is 368 g/mol. The molecule has 0 radical (unpaired) electrons. The van der Waals surface area contributed by atoms with Gasteiger partial charge in [0.15, 0.2) is 0 Å². The summed E-state index contributed by atoms with van der Waals surface area (Å²) in [5.41, 5.74) is 3.30. The Labute approximate surface area is 153 Å². The van der Waals surface area contributed by atoms with Gasteiger partial charge in [-0.2, -0.15) is 4.68 Å². The normalized spacial score (nSPS) is 11.4. The fourth-order valence-corrected chi connectivity index (χ4v) is 4.81. The Morgan fingerprint density at radius 1 is 1.04 bits per heavy atom. The van der Waals surface area contributed by atoms with Crippen molar-refractivity contribution in [2.24, 2.45) is 0 Å². The van der Waals surface area contributed by atoms with E-state index in [1.54, 1.807) is 16.0 Å². The summed E-state index contributed by atoms with van der Waals surface area (Å²) in [7, 11) is 0. The first-order valence-electron chi connectivity index (χ1n) is 7.81. The lowest BCUT2D eigenvalue weighted by Crippen LogP contribution is -2.01. The molecule has 3 heterocycles. The summed E-state index contributed by atoms with van der Waals surface area (Å²) in [6.07, 6.45) is 0. The highest BCUT2D eigenvalue weighted by molar-refractivity contribution is 7.99. The molecule has 126 valence electrons. The molecule has 0 N–H and O–H groups in total. The molecule has 0 amide bonds. The summed E-state index contributed by atoms with van der Waals surface area (Å²) in [6, 6.07) is 8.05. The van der Waals surface area contributed by atoms with Gasteiger partial charge in [0.05, 0.1) is 5.69 Å². The third-order valence-electron chi connectivity index (χ3n) is 4.08. The summed E-state index contributed by atoms with van der Waals surface area (Å²) < 4.78 is 1.76. The highest BCUT2D eigenvalue weighted by Gasteiger charge is 2.18. The van der Waals surface area contributed by atoms with Crippen LogP contribution in [-0.4, -0.2) is 30.2 Å². The number of nitrogens with zero attached hydrogens (tertiary/aromatic N) is 6. The molecule has 0 bridgehead atoms. The molecule has 1 aromatic carbocycles. The van der Waals surface area contributed by atoms with Crippen molar-refractivity contribution in [2.75, 3.05) is 0 Å². The summed E-state index contributed by atoms with van der Waals surface area (Å²) in [5, 5.41) is 14.9. The van der Waals surface area contributed by atoms with E-state index >= 15 is 0 Å². The number of para-hydroxylation sites is 1. The summed E-state index contributed by atoms with van der Waals surface area (Å²) in [5.74, 6) is 0.756. The molecule has 0 aliphatic rings. The maximum absolute atomic E-state index is 4.66. The number of aryl methyl sites for hydroxylation is 4. The standard InChI is InChI=1S/C17H16N6S2/c1-9-7-5-6-8-13(9)23-17(20-21-22-23)25-16-14-10(2)11(3)24-15(14)18-12(4)19-16/h5-8H,1-4H3. The van der Waals surface area contributed by atoms with E-state index in [1.807, 2.05) is 38.1 Å². The van der Waals surface area contributed by atoms with Crippen LogP contribution in [0.5, 0.6) is 0 Å². The first kappa shape index (κ1) is 16.2. The molecule has 0 fully saturated rings. The van der Waals surface area contributed by atoms with Gasteiger partial charge in [-0.1, -0.05) is 18.2 Å². The van der Waals surface area contributed by atoms with Gasteiger partial charge in [0.25, 0.3) is 0 Å². The van der Waals surface area contributed by atoms with Crippen LogP contribution in [0.1, 0.15) is 21.8 Å². The molecule has 0 saturated heterocycles. The van der Waals surface area contributed by atoms with Crippen LogP contribution in [0.3, 0.4) is 0 Å². The average Bonchev–Trinajstić information content (AvgIpc) is 3.13. The Bertz CT molecular complexity index is 1080. The molecule has 0 aliphatic carbocycles. The maximum Gasteiger partial charge on any atom is 0.220 e. The van der Waals surface area contributed by atoms with Gasteiger partial charge < -0.3 is 0 Å². The Morgan fingerprint density at radius 3 is 2.64 bits per heavy atom. The molecule has 8 heteroatoms. The van der Waals surface area contributed by atoms with E-state index in [-0.39, 0.29) is 0 Å². The summed E-state index contributed by atoms with van der Waals surface area (Å²) in [6.45, 7) is 8.19. The Kier molecular flexibility index (Phi) is 4.01. The quantitative estimate of drug-likeness (QED) is 0.508. The van der Waals surface area contributed by atoms with Gasteiger partial charge in [0.1, 0.15) is 15.7 Å². The number of aromatic nitrogens is 6. The molecule has 4 rings (SSSR count). The van der Waals surface area contributed by atoms with E-state index in [0.717, 1.165) is 32.3 Å². The van der Waals surface area contributed by atoms with Crippen LogP contribution < -0.4 is 0 Å². The maximum atomic E-state index is 4.66. The third-order valence-corrected chi connectivity index (χ3v) is 6.11. The van der Waals surface area contributed by atoms with Crippen LogP contribution in [0.4, 0.5) is 0 Å². The van der Waals surface area contributed by atoms with Crippen molar-refractivity contribution in [1.29, 1.82) is 0 Å². The number of rotatable bonds is 3. The molecular weight excluding hydrogens is 352 g/mol. The second-order valence-electron chi connectivity index (χ2n) is 5.80. The molecule has 0 aliphatic heterocycles. The zero-order valence-electron chi connectivity index (χ0n) is 14.3. The second-order valence-corrected chi connectivity index (χ2v) is 7.96. The van der Waals surface area contributed by atoms with E-state index < -0.39 is 0 Å². The van der Waals surface area contributed by atoms with E-state index in [1.165, 1.54) is 22.2 Å². The van der Waals surface area contributed by atoms with Crippen molar-refractivity contribution in [3.63, 3.8) is 0 Å². The smallest absolute Gasteiger partial charge is 0.220 e. The predicted molar refractivity (Wildman–Crippen MR) is 99.6 cm³/mol. The van der Waals surface area contributed by atoms with E-state index in [2.05, 4.69) is 39.3 Å². The van der Waals surface area contributed by atoms with Gasteiger partial charge in [-0.25, -0.2) is 9.97 Å². The van der Waals surface area contributed by atoms with Crippen molar-refractivity contribution in [3.8, 4) is 5.69 Å². The molecule has 0 spiro atoms. The van der Waals surface area contributed by atoms with E-state index in [0.29, 0.717) is 5.16 Å². The fourth-order valence-electron chi connectivity index (χ4n) is 2.67. The third kappa shape index (κ3) is 2.81. The zero-order valence-corrected chi connectivity index (χ0v) is 15.9. The highest BCUT2D eigenvalue weighted by Crippen LogP contribution is 2.37. The largest absolute Gasteiger partial charge is 0.226 e. The Hall–Kier alpha value is -2.32. The fraction of sp³-hybridized carbons (Fsp3) is 0.235. The van der Waals surface area contributed by atoms with Gasteiger partial charge in [-0.05, 0) is 67.1 Å². The van der Waals surface area contributed by atoms with Gasteiger partial charge in [-0.3, -0.25) is 0 Å². The van der Waals surface area contributed by atoms with Crippen LogP contribution in [0, 0.1) is 27.7 Å². The van der Waals surface area contributed by atoms with Crippen molar-refractivity contribution in [2.45, 2.75) is 37.9 Å². The lowest BCUT2D eigenvalue weighted by molar-refractivity contribution is 0.751. The molecule has 0 atom stereocenters. The summed E-state index contributed by atoms with van der Waals surface area (Å²) >= 11 is 3.18. The van der Waals surface area contributed by atoms with Crippen molar-refractivity contribution >= 4 is 33.3 Å². The predicted octanol–water partition coefficient (Wildman–Crippen LogP) is 4.05. The molecule has 4 aromatic rings. The molecule has 6 nitrogen and oxygen atoms in total. The van der Waals surface area contributed by atoms with Gasteiger partial charge in [-0.15, -0.1) is 16.4 Å². The highest BCUT2D eigenvalue weighted by atomic mass is 32.2. The summed E-state index contributed by atoms with van der Waals surface area (Å²) in [4.78, 5) is 11.5. The van der Waals surface area contributed by atoms with Crippen molar-refractivity contribution in [1.82, 2.24) is 30.2 Å². The SMILES string of the molecule is Cc1nc(Sc2nnnn2-c2ccccc2C)c2c(C)c(C)sc2n1. The number of tetrazole rings is 1. The van der Waals surface area contributed by atoms with Crippen LogP contribution in [0.25, 0.3) is 15.9 Å². The lowest BCUT2D eigenvalue weighted by atomic mass is 10.2. The number of hydrogen-bond donors (Lipinski definition) is 0. The van der Waals surface area contributed by atoms with Crippen LogP contribution >= 0.6 is 23.1 Å². The number of fused-ring (bicyclic) bond motifs is 1. The number of hydrogen-bond acceptors (Lipinski definition) is 7. The molecular formula is C17H16N6S2. The molecule has 25 heavy (non-hydrogen) atoms. The number of benzene rings is 1. The molecule has 0 saturated carbocycles. The Balaban J connectivity index is 1.84. The lowest BCUT2D eigenvalue weighted by Gasteiger charge is -2.08. The van der Waals surface area contributed by atoms with Crippen LogP contribution in [0.15, 0.2) is 34.4 Å². The minimum absolute atomic E-state index is 0.692. The Morgan fingerprint density at radius 2 is 1.84 bits per heavy atom. The minimum Gasteiger partial charge on any atom is -0.226 e. The molecule has 0 unspecified atom stereocenters. The first-order chi connectivity index (χ1) is 12.0. The zero-order chi connectivity index (χ0) is 17.6. The second kappa shape index (κ2) is 6.20.